The van der Waals surface area contributed by atoms with E-state index in [0.717, 1.165) is 11.1 Å². The molecule has 0 aliphatic heterocycles. The normalized spacial score (nSPS) is 14.9. The summed E-state index contributed by atoms with van der Waals surface area (Å²) in [6.07, 6.45) is -5.52. The molecular formula is C45H81F7O10SSi3. The molecule has 0 aromatic heterocycles. The van der Waals surface area contributed by atoms with Crippen LogP contribution in [0.25, 0.3) is 0 Å². The SMILES string of the molecule is CC(C)(C)[Si](C)(C)OCC(F)CO.CC(C)(C)[Si](C)(C)OCC(F)COCc1ccccc1.CC(C)(C)[Si](C)(C)OCC(F)COS(=O)(=O)C(F)(F)F.OCC(F)COCc1ccccc1. The largest absolute Gasteiger partial charge is 0.523 e. The van der Waals surface area contributed by atoms with Gasteiger partial charge in [0.2, 0.25) is 0 Å². The van der Waals surface area contributed by atoms with Crippen molar-refractivity contribution in [3.8, 4) is 0 Å². The quantitative estimate of drug-likeness (QED) is 0.0509. The number of halogens is 7. The molecule has 4 unspecified atom stereocenters. The van der Waals surface area contributed by atoms with Gasteiger partial charge in [-0.05, 0) is 65.5 Å². The van der Waals surface area contributed by atoms with E-state index in [1.54, 1.807) is 0 Å². The first-order valence-corrected chi connectivity index (χ1v) is 31.9. The van der Waals surface area contributed by atoms with Crippen molar-refractivity contribution < 1.29 is 76.3 Å². The molecule has 0 radical (unpaired) electrons. The van der Waals surface area contributed by atoms with Gasteiger partial charge in [-0.3, -0.25) is 4.18 Å². The average molecular weight is 1030 g/mol. The van der Waals surface area contributed by atoms with Crippen molar-refractivity contribution in [1.29, 1.82) is 0 Å². The molecule has 2 aromatic carbocycles. The van der Waals surface area contributed by atoms with E-state index in [-0.39, 0.29) is 41.5 Å². The van der Waals surface area contributed by atoms with E-state index in [1.807, 2.05) is 94.5 Å². The molecule has 0 heterocycles. The highest BCUT2D eigenvalue weighted by atomic mass is 32.2. The third-order valence-corrected chi connectivity index (χ3v) is 25.7. The van der Waals surface area contributed by atoms with Gasteiger partial charge in [0.1, 0.15) is 31.3 Å². The Morgan fingerprint density at radius 1 is 0.485 bits per heavy atom. The zero-order valence-electron chi connectivity index (χ0n) is 41.9. The van der Waals surface area contributed by atoms with Gasteiger partial charge in [-0.2, -0.15) is 21.6 Å². The van der Waals surface area contributed by atoms with E-state index in [9.17, 15) is 39.2 Å². The maximum atomic E-state index is 13.8. The summed E-state index contributed by atoms with van der Waals surface area (Å²) < 4.78 is 140. The number of ether oxygens (including phenoxy) is 2. The second-order valence-corrected chi connectivity index (χ2v) is 36.2. The van der Waals surface area contributed by atoms with Crippen molar-refractivity contribution >= 4 is 35.1 Å². The van der Waals surface area contributed by atoms with Crippen LogP contribution in [0.2, 0.25) is 54.4 Å². The second kappa shape index (κ2) is 30.1. The van der Waals surface area contributed by atoms with Gasteiger partial charge < -0.3 is 33.0 Å². The van der Waals surface area contributed by atoms with E-state index in [4.69, 9.17) is 33.0 Å². The Bertz CT molecular complexity index is 1660. The number of aliphatic hydroxyl groups excluding tert-OH is 2. The Labute approximate surface area is 394 Å². The molecule has 0 fully saturated rings. The Morgan fingerprint density at radius 3 is 1.05 bits per heavy atom. The smallest absolute Gasteiger partial charge is 0.414 e. The Balaban J connectivity index is 0. The van der Waals surface area contributed by atoms with Crippen molar-refractivity contribution in [2.75, 3.05) is 52.9 Å². The first kappa shape index (κ1) is 66.3. The number of alkyl halides is 7. The van der Waals surface area contributed by atoms with Crippen LogP contribution < -0.4 is 0 Å². The van der Waals surface area contributed by atoms with Gasteiger partial charge in [-0.25, -0.2) is 17.6 Å². The number of aliphatic hydroxyl groups is 2. The molecule has 21 heteroatoms. The molecule has 0 aliphatic carbocycles. The fourth-order valence-electron chi connectivity index (χ4n) is 3.74. The van der Waals surface area contributed by atoms with Crippen molar-refractivity contribution in [3.05, 3.63) is 71.8 Å². The monoisotopic (exact) mass is 1030 g/mol. The second-order valence-electron chi connectivity index (χ2n) is 20.2. The molecule has 2 rings (SSSR count). The summed E-state index contributed by atoms with van der Waals surface area (Å²) in [6, 6.07) is 19.3. The molecule has 388 valence electrons. The molecule has 0 aliphatic rings. The summed E-state index contributed by atoms with van der Waals surface area (Å²) in [5, 5.41) is 16.9. The predicted octanol–water partition coefficient (Wildman–Crippen LogP) is 11.6. The zero-order chi connectivity index (χ0) is 51.8. The van der Waals surface area contributed by atoms with Crippen LogP contribution in [0.5, 0.6) is 0 Å². The van der Waals surface area contributed by atoms with Crippen molar-refractivity contribution in [3.63, 3.8) is 0 Å². The lowest BCUT2D eigenvalue weighted by Crippen LogP contribution is -2.42. The van der Waals surface area contributed by atoms with Crippen molar-refractivity contribution in [1.82, 2.24) is 0 Å². The zero-order valence-corrected chi connectivity index (χ0v) is 45.7. The van der Waals surface area contributed by atoms with Gasteiger partial charge in [0.05, 0.1) is 59.5 Å². The Morgan fingerprint density at radius 2 is 0.758 bits per heavy atom. The number of benzene rings is 2. The third kappa shape index (κ3) is 28.7. The van der Waals surface area contributed by atoms with Crippen LogP contribution in [0.15, 0.2) is 60.7 Å². The maximum absolute atomic E-state index is 13.8. The fourth-order valence-corrected chi connectivity index (χ4v) is 7.29. The number of hydrogen-bond donors (Lipinski definition) is 2. The summed E-state index contributed by atoms with van der Waals surface area (Å²) in [5.74, 6) is 0. The van der Waals surface area contributed by atoms with E-state index >= 15 is 0 Å². The lowest BCUT2D eigenvalue weighted by Gasteiger charge is -2.36. The summed E-state index contributed by atoms with van der Waals surface area (Å²) in [6.45, 7) is 29.0. The molecule has 0 bridgehead atoms. The van der Waals surface area contributed by atoms with E-state index < -0.39 is 91.7 Å². The molecule has 4 atom stereocenters. The summed E-state index contributed by atoms with van der Waals surface area (Å²) in [7, 11) is -11.7. The Hall–Kier alpha value is -1.77. The van der Waals surface area contributed by atoms with Crippen LogP contribution in [0.1, 0.15) is 73.4 Å². The minimum Gasteiger partial charge on any atom is -0.414 e. The average Bonchev–Trinajstić information content (AvgIpc) is 3.20. The van der Waals surface area contributed by atoms with Crippen LogP contribution >= 0.6 is 0 Å². The predicted molar refractivity (Wildman–Crippen MR) is 256 cm³/mol. The van der Waals surface area contributed by atoms with Gasteiger partial charge in [-0.15, -0.1) is 0 Å². The molecule has 0 saturated heterocycles. The molecule has 2 N–H and O–H groups in total. The summed E-state index contributed by atoms with van der Waals surface area (Å²) in [5.41, 5.74) is -3.48. The van der Waals surface area contributed by atoms with Gasteiger partial charge in [0.15, 0.2) is 25.0 Å². The lowest BCUT2D eigenvalue weighted by molar-refractivity contribution is -0.0557. The maximum Gasteiger partial charge on any atom is 0.523 e. The van der Waals surface area contributed by atoms with Crippen LogP contribution in [0.3, 0.4) is 0 Å². The molecule has 10 nitrogen and oxygen atoms in total. The highest BCUT2D eigenvalue weighted by molar-refractivity contribution is 7.87. The molecular weight excluding hydrogens is 950 g/mol. The van der Waals surface area contributed by atoms with E-state index in [2.05, 4.69) is 71.9 Å². The minimum absolute atomic E-state index is 0.0208. The van der Waals surface area contributed by atoms with E-state index in [0.29, 0.717) is 13.2 Å². The van der Waals surface area contributed by atoms with Crippen LogP contribution in [-0.2, 0) is 50.3 Å². The highest BCUT2D eigenvalue weighted by Gasteiger charge is 2.48. The summed E-state index contributed by atoms with van der Waals surface area (Å²) in [4.78, 5) is 0. The molecule has 0 spiro atoms. The fraction of sp³-hybridized carbons (Fsp3) is 0.733. The van der Waals surface area contributed by atoms with Crippen molar-refractivity contribution in [2.24, 2.45) is 0 Å². The molecule has 2 aromatic rings. The topological polar surface area (TPSA) is 130 Å². The minimum atomic E-state index is -5.76. The number of hydrogen-bond acceptors (Lipinski definition) is 10. The standard InChI is InChI=1S/C16H27FO2Si.C10H20F4O4SSi.C10H13FO2.C9H21FO2Si/c1-16(2,3)20(4,5)19-13-15(17)12-18-11-14-9-7-6-8-10-14;1-9(2,3)20(4,5)18-7-8(11)6-17-19(15,16)10(12,13)14;11-10(6-12)8-13-7-9-4-2-1-3-5-9;1-9(2,3)13(4,5)12-7-8(10)6-11/h6-10,15H,11-13H2,1-5H3;8H,6-7H2,1-5H3;1-5,10,12H,6-8H2;8,11H,6-7H2,1-5H3. The van der Waals surface area contributed by atoms with Crippen LogP contribution in [0, 0.1) is 0 Å². The van der Waals surface area contributed by atoms with Gasteiger partial charge >= 0.3 is 15.6 Å². The van der Waals surface area contributed by atoms with E-state index in [1.165, 1.54) is 0 Å². The van der Waals surface area contributed by atoms with Gasteiger partial charge in [0.25, 0.3) is 0 Å². The number of rotatable bonds is 22. The lowest BCUT2D eigenvalue weighted by atomic mass is 10.2. The molecule has 0 saturated carbocycles. The molecule has 0 amide bonds. The van der Waals surface area contributed by atoms with Crippen LogP contribution in [-0.4, -0.2) is 127 Å². The Kier molecular flexibility index (Phi) is 30.2. The van der Waals surface area contributed by atoms with Gasteiger partial charge in [0, 0.05) is 0 Å². The first-order valence-electron chi connectivity index (χ1n) is 21.7. The van der Waals surface area contributed by atoms with Crippen LogP contribution in [0.4, 0.5) is 30.7 Å². The summed E-state index contributed by atoms with van der Waals surface area (Å²) >= 11 is 0. The van der Waals surface area contributed by atoms with Gasteiger partial charge in [-0.1, -0.05) is 123 Å². The first-order chi connectivity index (χ1) is 29.9. The highest BCUT2D eigenvalue weighted by Crippen LogP contribution is 2.38. The third-order valence-electron chi connectivity index (χ3n) is 11.2. The molecule has 66 heavy (non-hydrogen) atoms. The van der Waals surface area contributed by atoms with Crippen molar-refractivity contribution in [2.45, 2.75) is 160 Å².